The number of carbonyl (C=O) groups is 2. The van der Waals surface area contributed by atoms with Crippen LogP contribution in [0.1, 0.15) is 42.8 Å². The first kappa shape index (κ1) is 28.9. The molecule has 11 heteroatoms. The number of imidazole rings is 1. The summed E-state index contributed by atoms with van der Waals surface area (Å²) in [5.74, 6) is -0.236. The summed E-state index contributed by atoms with van der Waals surface area (Å²) in [5.41, 5.74) is 4.85. The van der Waals surface area contributed by atoms with E-state index in [1.807, 2.05) is 49.9 Å². The summed E-state index contributed by atoms with van der Waals surface area (Å²) in [4.78, 5) is 34.0. The number of amides is 2. The average Bonchev–Trinajstić information content (AvgIpc) is 3.31. The number of fused-ring (bicyclic) bond motifs is 2. The van der Waals surface area contributed by atoms with Gasteiger partial charge in [-0.3, -0.25) is 9.69 Å². The molecule has 0 saturated carbocycles. The van der Waals surface area contributed by atoms with E-state index in [0.29, 0.717) is 31.2 Å². The van der Waals surface area contributed by atoms with Gasteiger partial charge in [-0.1, -0.05) is 29.8 Å². The maximum absolute atomic E-state index is 12.9. The lowest BCUT2D eigenvalue weighted by atomic mass is 9.88. The number of aromatic nitrogens is 2. The third-order valence-corrected chi connectivity index (χ3v) is 7.88. The van der Waals surface area contributed by atoms with Gasteiger partial charge in [0.2, 0.25) is 5.91 Å². The van der Waals surface area contributed by atoms with Crippen molar-refractivity contribution in [1.29, 1.82) is 0 Å². The maximum Gasteiger partial charge on any atom is 0.410 e. The standard InChI is InChI=1S/C30H37ClN6O4/c1-19(2)41-30(39)37-12-10-36(11-13-37)29-22-8-7-21(31)15-23(22)24(14-20-6-5-9-33-27(20)29)28(34-26(38)17-40-4)25-16-32-18-35(25)3/h5-9,14-16,18-19,27-29,33H,10-13,17H2,1-4H3,(H,34,38)/t27?,28-,29+/m1/s1. The molecule has 10 nitrogen and oxygen atoms in total. The normalized spacial score (nSPS) is 21.2. The monoisotopic (exact) mass is 580 g/mol. The van der Waals surface area contributed by atoms with Crippen molar-refractivity contribution in [3.8, 4) is 0 Å². The number of carbonyl (C=O) groups excluding carboxylic acids is 2. The highest BCUT2D eigenvalue weighted by atomic mass is 35.5. The summed E-state index contributed by atoms with van der Waals surface area (Å²) in [6.07, 6.45) is 11.3. The van der Waals surface area contributed by atoms with Crippen molar-refractivity contribution in [2.45, 2.75) is 38.1 Å². The molecule has 3 heterocycles. The van der Waals surface area contributed by atoms with Gasteiger partial charge in [0.1, 0.15) is 6.61 Å². The van der Waals surface area contributed by atoms with Crippen LogP contribution in [0.25, 0.3) is 5.57 Å². The van der Waals surface area contributed by atoms with E-state index in [9.17, 15) is 9.59 Å². The van der Waals surface area contributed by atoms with E-state index in [-0.39, 0.29) is 36.8 Å². The van der Waals surface area contributed by atoms with Crippen molar-refractivity contribution in [3.05, 3.63) is 82.6 Å². The molecule has 2 amide bonds. The Morgan fingerprint density at radius 1 is 1.22 bits per heavy atom. The number of piperazine rings is 1. The van der Waals surface area contributed by atoms with E-state index in [1.165, 1.54) is 7.11 Å². The molecule has 2 N–H and O–H groups in total. The molecule has 1 aromatic carbocycles. The minimum absolute atomic E-state index is 0.0580. The van der Waals surface area contributed by atoms with Crippen molar-refractivity contribution in [3.63, 3.8) is 0 Å². The summed E-state index contributed by atoms with van der Waals surface area (Å²) in [6, 6.07) is 5.35. The highest BCUT2D eigenvalue weighted by molar-refractivity contribution is 6.30. The van der Waals surface area contributed by atoms with Crippen LogP contribution in [0.4, 0.5) is 4.79 Å². The number of benzene rings is 1. The van der Waals surface area contributed by atoms with Gasteiger partial charge in [0.15, 0.2) is 0 Å². The quantitative estimate of drug-likeness (QED) is 0.516. The van der Waals surface area contributed by atoms with E-state index < -0.39 is 6.04 Å². The fraction of sp³-hybridized carbons (Fsp3) is 0.433. The lowest BCUT2D eigenvalue weighted by molar-refractivity contribution is -0.125. The van der Waals surface area contributed by atoms with Gasteiger partial charge < -0.3 is 29.6 Å². The molecule has 0 bridgehead atoms. The van der Waals surface area contributed by atoms with Crippen LogP contribution in [0.3, 0.4) is 0 Å². The Hall–Kier alpha value is -3.60. The number of aryl methyl sites for hydroxylation is 1. The van der Waals surface area contributed by atoms with Crippen LogP contribution >= 0.6 is 11.6 Å². The van der Waals surface area contributed by atoms with Gasteiger partial charge >= 0.3 is 6.09 Å². The summed E-state index contributed by atoms with van der Waals surface area (Å²) >= 11 is 6.63. The first-order chi connectivity index (χ1) is 19.8. The second kappa shape index (κ2) is 12.5. The first-order valence-electron chi connectivity index (χ1n) is 13.8. The number of halogens is 1. The van der Waals surface area contributed by atoms with Crippen LogP contribution in [-0.2, 0) is 21.3 Å². The predicted molar refractivity (Wildman–Crippen MR) is 157 cm³/mol. The molecule has 3 atom stereocenters. The Kier molecular flexibility index (Phi) is 8.82. The Morgan fingerprint density at radius 2 is 2.00 bits per heavy atom. The molecule has 2 aliphatic heterocycles. The number of methoxy groups -OCH3 is 1. The number of dihydropyridines is 1. The molecule has 0 radical (unpaired) electrons. The molecule has 2 aromatic rings. The van der Waals surface area contributed by atoms with Gasteiger partial charge in [-0.2, -0.15) is 0 Å². The summed E-state index contributed by atoms with van der Waals surface area (Å²) in [5, 5.41) is 7.37. The van der Waals surface area contributed by atoms with E-state index in [1.54, 1.807) is 17.4 Å². The van der Waals surface area contributed by atoms with Crippen molar-refractivity contribution >= 4 is 29.2 Å². The zero-order chi connectivity index (χ0) is 29.1. The van der Waals surface area contributed by atoms with Crippen molar-refractivity contribution in [2.24, 2.45) is 7.05 Å². The SMILES string of the molecule is COCC(=O)N[C@H](C1=CC2=CC=CNC2[C@@H](N2CCN(C(=O)OC(C)C)CC2)c2ccc(Cl)cc21)c1cncn1C. The average molecular weight is 581 g/mol. The number of ether oxygens (including phenoxy) is 2. The van der Waals surface area contributed by atoms with Crippen LogP contribution in [0.2, 0.25) is 5.02 Å². The van der Waals surface area contributed by atoms with Gasteiger partial charge in [-0.25, -0.2) is 9.78 Å². The van der Waals surface area contributed by atoms with Crippen LogP contribution in [0, 0.1) is 0 Å². The number of hydrogen-bond acceptors (Lipinski definition) is 7. The molecule has 218 valence electrons. The molecular formula is C30H37ClN6O4. The summed E-state index contributed by atoms with van der Waals surface area (Å²) in [6.45, 7) is 6.15. The van der Waals surface area contributed by atoms with Crippen LogP contribution in [0.5, 0.6) is 0 Å². The Balaban J connectivity index is 1.57. The Labute approximate surface area is 245 Å². The molecule has 1 saturated heterocycles. The lowest BCUT2D eigenvalue weighted by Crippen LogP contribution is -2.53. The molecule has 1 aliphatic carbocycles. The van der Waals surface area contributed by atoms with Gasteiger partial charge in [0, 0.05) is 45.4 Å². The van der Waals surface area contributed by atoms with Crippen molar-refractivity contribution in [1.82, 2.24) is 30.0 Å². The fourth-order valence-electron chi connectivity index (χ4n) is 5.80. The fourth-order valence-corrected chi connectivity index (χ4v) is 5.97. The Morgan fingerprint density at radius 3 is 2.68 bits per heavy atom. The first-order valence-corrected chi connectivity index (χ1v) is 14.2. The Bertz CT molecular complexity index is 1370. The zero-order valence-corrected chi connectivity index (χ0v) is 24.6. The zero-order valence-electron chi connectivity index (χ0n) is 23.8. The van der Waals surface area contributed by atoms with E-state index in [4.69, 9.17) is 21.1 Å². The van der Waals surface area contributed by atoms with Crippen molar-refractivity contribution in [2.75, 3.05) is 39.9 Å². The number of hydrogen-bond donors (Lipinski definition) is 2. The second-order valence-electron chi connectivity index (χ2n) is 10.8. The van der Waals surface area contributed by atoms with E-state index in [2.05, 4.69) is 38.7 Å². The highest BCUT2D eigenvalue weighted by Crippen LogP contribution is 2.44. The molecule has 5 rings (SSSR count). The third-order valence-electron chi connectivity index (χ3n) is 7.65. The molecule has 1 aromatic heterocycles. The lowest BCUT2D eigenvalue weighted by Gasteiger charge is -2.43. The highest BCUT2D eigenvalue weighted by Gasteiger charge is 2.39. The van der Waals surface area contributed by atoms with Gasteiger partial charge in [0.25, 0.3) is 0 Å². The maximum atomic E-state index is 12.9. The van der Waals surface area contributed by atoms with Gasteiger partial charge in [-0.15, -0.1) is 0 Å². The number of nitrogens with zero attached hydrogens (tertiary/aromatic N) is 4. The smallest absolute Gasteiger partial charge is 0.410 e. The number of rotatable bonds is 7. The number of allylic oxidation sites excluding steroid dienone is 2. The largest absolute Gasteiger partial charge is 0.447 e. The molecule has 1 unspecified atom stereocenters. The van der Waals surface area contributed by atoms with E-state index >= 15 is 0 Å². The topological polar surface area (TPSA) is 101 Å². The van der Waals surface area contributed by atoms with Crippen molar-refractivity contribution < 1.29 is 19.1 Å². The second-order valence-corrected chi connectivity index (χ2v) is 11.2. The molecule has 1 fully saturated rings. The van der Waals surface area contributed by atoms with Gasteiger partial charge in [-0.05, 0) is 60.5 Å². The van der Waals surface area contributed by atoms with Crippen LogP contribution in [0.15, 0.2) is 60.7 Å². The summed E-state index contributed by atoms with van der Waals surface area (Å²) < 4.78 is 12.5. The van der Waals surface area contributed by atoms with E-state index in [0.717, 1.165) is 28.0 Å². The molecular weight excluding hydrogens is 544 g/mol. The van der Waals surface area contributed by atoms with Crippen LogP contribution < -0.4 is 10.6 Å². The minimum atomic E-state index is -0.503. The van der Waals surface area contributed by atoms with Crippen LogP contribution in [-0.4, -0.2) is 83.4 Å². The molecule has 41 heavy (non-hydrogen) atoms. The molecule has 3 aliphatic rings. The molecule has 0 spiro atoms. The predicted octanol–water partition coefficient (Wildman–Crippen LogP) is 3.59. The minimum Gasteiger partial charge on any atom is -0.447 e. The third kappa shape index (κ3) is 6.19. The summed E-state index contributed by atoms with van der Waals surface area (Å²) in [7, 11) is 3.41. The number of nitrogens with one attached hydrogen (secondary N) is 2. The van der Waals surface area contributed by atoms with Gasteiger partial charge in [0.05, 0.1) is 42.4 Å².